The van der Waals surface area contributed by atoms with E-state index in [0.29, 0.717) is 11.5 Å². The van der Waals surface area contributed by atoms with Gasteiger partial charge in [0.15, 0.2) is 11.5 Å². The molecule has 0 aliphatic rings. The van der Waals surface area contributed by atoms with Crippen LogP contribution in [0, 0.1) is 12.5 Å². The number of carbonyl (C=O) groups is 1. The van der Waals surface area contributed by atoms with E-state index in [4.69, 9.17) is 19.2 Å². The first kappa shape index (κ1) is 18.3. The molecule has 0 fully saturated rings. The van der Waals surface area contributed by atoms with E-state index in [9.17, 15) is 4.79 Å². The van der Waals surface area contributed by atoms with Crippen molar-refractivity contribution in [3.05, 3.63) is 30.4 Å². The summed E-state index contributed by atoms with van der Waals surface area (Å²) < 4.78 is 10.3. The minimum Gasteiger partial charge on any atom is -0.493 e. The van der Waals surface area contributed by atoms with Crippen molar-refractivity contribution in [2.75, 3.05) is 14.2 Å². The Morgan fingerprint density at radius 1 is 1.23 bits per heavy atom. The van der Waals surface area contributed by atoms with Crippen molar-refractivity contribution < 1.29 is 24.0 Å². The van der Waals surface area contributed by atoms with Crippen LogP contribution in [0.2, 0.25) is 0 Å². The maximum atomic E-state index is 12.1. The molecule has 1 aromatic carbocycles. The number of para-hydroxylation sites is 1. The average Bonchev–Trinajstić information content (AvgIpc) is 2.56. The molecule has 0 aliphatic heterocycles. The fraction of sp³-hybridized carbons (Fsp3) is 0.529. The van der Waals surface area contributed by atoms with E-state index in [2.05, 4.69) is 13.8 Å². The van der Waals surface area contributed by atoms with Crippen LogP contribution in [-0.4, -0.2) is 20.2 Å². The maximum Gasteiger partial charge on any atom is 0.376 e. The van der Waals surface area contributed by atoms with Gasteiger partial charge in [-0.05, 0) is 24.5 Å². The van der Waals surface area contributed by atoms with E-state index in [1.807, 2.05) is 0 Å². The number of rotatable bonds is 10. The fourth-order valence-electron chi connectivity index (χ4n) is 2.08. The van der Waals surface area contributed by atoms with E-state index in [1.54, 1.807) is 24.8 Å². The van der Waals surface area contributed by atoms with Gasteiger partial charge in [0.25, 0.3) is 0 Å². The summed E-state index contributed by atoms with van der Waals surface area (Å²) in [5, 5.41) is 0. The van der Waals surface area contributed by atoms with Crippen LogP contribution in [0.4, 0.5) is 0 Å². The summed E-state index contributed by atoms with van der Waals surface area (Å²) in [6, 6.07) is 5.00. The average molecular weight is 309 g/mol. The molecule has 0 spiro atoms. The van der Waals surface area contributed by atoms with Gasteiger partial charge in [-0.25, -0.2) is 4.79 Å². The molecule has 1 atom stereocenters. The second-order valence-corrected chi connectivity index (χ2v) is 4.95. The number of hydrogen-bond acceptors (Lipinski definition) is 5. The van der Waals surface area contributed by atoms with Gasteiger partial charge in [-0.3, -0.25) is 4.89 Å². The SMILES string of the molecule is CCCCC([CH]OOC(=O)c1cccc(OC)c1OC)CC. The molecule has 0 bridgehead atoms. The summed E-state index contributed by atoms with van der Waals surface area (Å²) >= 11 is 0. The van der Waals surface area contributed by atoms with Crippen LogP contribution in [0.25, 0.3) is 0 Å². The molecule has 5 heteroatoms. The van der Waals surface area contributed by atoms with Crippen molar-refractivity contribution in [3.63, 3.8) is 0 Å². The first-order valence-corrected chi connectivity index (χ1v) is 7.59. The lowest BCUT2D eigenvalue weighted by atomic mass is 10.0. The van der Waals surface area contributed by atoms with Crippen molar-refractivity contribution >= 4 is 5.97 Å². The Labute approximate surface area is 132 Å². The summed E-state index contributed by atoms with van der Waals surface area (Å²) in [6.45, 7) is 5.80. The molecular formula is C17H25O5. The number of hydrogen-bond donors (Lipinski definition) is 0. The zero-order valence-corrected chi connectivity index (χ0v) is 13.8. The maximum absolute atomic E-state index is 12.1. The third-order valence-electron chi connectivity index (χ3n) is 3.45. The van der Waals surface area contributed by atoms with Gasteiger partial charge in [0, 0.05) is 0 Å². The predicted octanol–water partition coefficient (Wildman–Crippen LogP) is 4.17. The van der Waals surface area contributed by atoms with Crippen molar-refractivity contribution in [1.82, 2.24) is 0 Å². The summed E-state index contributed by atoms with van der Waals surface area (Å²) in [7, 11) is 2.98. The second kappa shape index (κ2) is 10.1. The number of benzene rings is 1. The third-order valence-corrected chi connectivity index (χ3v) is 3.45. The smallest absolute Gasteiger partial charge is 0.376 e. The zero-order chi connectivity index (χ0) is 16.4. The Morgan fingerprint density at radius 3 is 2.59 bits per heavy atom. The van der Waals surface area contributed by atoms with Gasteiger partial charge < -0.3 is 9.47 Å². The minimum atomic E-state index is -0.614. The number of unbranched alkanes of at least 4 members (excludes halogenated alkanes) is 1. The lowest BCUT2D eigenvalue weighted by molar-refractivity contribution is -0.219. The highest BCUT2D eigenvalue weighted by Crippen LogP contribution is 2.31. The highest BCUT2D eigenvalue weighted by Gasteiger charge is 2.19. The molecule has 0 heterocycles. The Balaban J connectivity index is 2.59. The van der Waals surface area contributed by atoms with Gasteiger partial charge in [0.1, 0.15) is 12.2 Å². The first-order valence-electron chi connectivity index (χ1n) is 7.59. The molecule has 0 aliphatic carbocycles. The zero-order valence-electron chi connectivity index (χ0n) is 13.8. The third kappa shape index (κ3) is 5.22. The van der Waals surface area contributed by atoms with Crippen molar-refractivity contribution in [1.29, 1.82) is 0 Å². The topological polar surface area (TPSA) is 54.0 Å². The van der Waals surface area contributed by atoms with Crippen LogP contribution in [0.5, 0.6) is 11.5 Å². The molecule has 123 valence electrons. The van der Waals surface area contributed by atoms with Gasteiger partial charge in [-0.2, -0.15) is 4.89 Å². The lowest BCUT2D eigenvalue weighted by Gasteiger charge is -2.14. The number of methoxy groups -OCH3 is 2. The summed E-state index contributed by atoms with van der Waals surface area (Å²) in [5.41, 5.74) is 0.261. The predicted molar refractivity (Wildman–Crippen MR) is 83.7 cm³/mol. The Bertz CT molecular complexity index is 458. The highest BCUT2D eigenvalue weighted by molar-refractivity contribution is 5.93. The second-order valence-electron chi connectivity index (χ2n) is 4.95. The molecule has 0 aromatic heterocycles. The molecule has 0 N–H and O–H groups in total. The Kier molecular flexibility index (Phi) is 8.36. The standard InChI is InChI=1S/C17H25O5/c1-5-7-9-13(6-2)12-21-22-17(18)14-10-8-11-15(19-3)16(14)20-4/h8,10-13H,5-7,9H2,1-4H3. The Morgan fingerprint density at radius 2 is 2.00 bits per heavy atom. The van der Waals surface area contributed by atoms with E-state index < -0.39 is 5.97 Å². The fourth-order valence-corrected chi connectivity index (χ4v) is 2.08. The molecule has 0 amide bonds. The Hall–Kier alpha value is -1.75. The largest absolute Gasteiger partial charge is 0.493 e. The molecule has 22 heavy (non-hydrogen) atoms. The number of ether oxygens (including phenoxy) is 2. The molecule has 1 rings (SSSR count). The van der Waals surface area contributed by atoms with E-state index in [-0.39, 0.29) is 11.5 Å². The first-order chi connectivity index (χ1) is 10.7. The van der Waals surface area contributed by atoms with Crippen LogP contribution in [0.15, 0.2) is 18.2 Å². The molecule has 1 unspecified atom stereocenters. The van der Waals surface area contributed by atoms with E-state index in [1.165, 1.54) is 14.2 Å². The molecule has 5 nitrogen and oxygen atoms in total. The van der Waals surface area contributed by atoms with Crippen LogP contribution >= 0.6 is 0 Å². The van der Waals surface area contributed by atoms with Crippen LogP contribution < -0.4 is 9.47 Å². The normalized spacial score (nSPS) is 11.8. The molecule has 1 radical (unpaired) electrons. The van der Waals surface area contributed by atoms with Gasteiger partial charge in [0.05, 0.1) is 14.2 Å². The summed E-state index contributed by atoms with van der Waals surface area (Å²) in [6.07, 6.45) is 4.22. The van der Waals surface area contributed by atoms with Crippen molar-refractivity contribution in [2.24, 2.45) is 5.92 Å². The highest BCUT2D eigenvalue weighted by atomic mass is 17.2. The van der Waals surface area contributed by atoms with Crippen LogP contribution in [0.1, 0.15) is 49.9 Å². The summed E-state index contributed by atoms with van der Waals surface area (Å²) in [4.78, 5) is 21.9. The van der Waals surface area contributed by atoms with Crippen molar-refractivity contribution in [3.8, 4) is 11.5 Å². The van der Waals surface area contributed by atoms with Crippen LogP contribution in [-0.2, 0) is 9.78 Å². The van der Waals surface area contributed by atoms with Crippen LogP contribution in [0.3, 0.4) is 0 Å². The molecule has 1 aromatic rings. The molecular weight excluding hydrogens is 284 g/mol. The molecule has 0 saturated heterocycles. The van der Waals surface area contributed by atoms with E-state index >= 15 is 0 Å². The lowest BCUT2D eigenvalue weighted by Crippen LogP contribution is -2.10. The summed E-state index contributed by atoms with van der Waals surface area (Å²) in [5.74, 6) is 0.462. The van der Waals surface area contributed by atoms with Gasteiger partial charge in [-0.1, -0.05) is 39.2 Å². The monoisotopic (exact) mass is 309 g/mol. The molecule has 0 saturated carbocycles. The van der Waals surface area contributed by atoms with E-state index in [0.717, 1.165) is 25.7 Å². The van der Waals surface area contributed by atoms with Gasteiger partial charge in [0.2, 0.25) is 0 Å². The minimum absolute atomic E-state index is 0.261. The van der Waals surface area contributed by atoms with Crippen molar-refractivity contribution in [2.45, 2.75) is 39.5 Å². The number of carbonyl (C=O) groups excluding carboxylic acids is 1. The van der Waals surface area contributed by atoms with Gasteiger partial charge in [-0.15, -0.1) is 0 Å². The van der Waals surface area contributed by atoms with Gasteiger partial charge >= 0.3 is 5.97 Å². The quantitative estimate of drug-likeness (QED) is 0.479.